The van der Waals surface area contributed by atoms with E-state index in [1.165, 1.54) is 41.9 Å². The molecule has 0 radical (unpaired) electrons. The average Bonchev–Trinajstić information content (AvgIpc) is 3.57. The van der Waals surface area contributed by atoms with Crippen molar-refractivity contribution in [2.45, 2.75) is 38.6 Å². The minimum absolute atomic E-state index is 0.315. The van der Waals surface area contributed by atoms with Crippen molar-refractivity contribution in [3.05, 3.63) is 70.3 Å². The van der Waals surface area contributed by atoms with Crippen LogP contribution in [0, 0.1) is 12.7 Å². The summed E-state index contributed by atoms with van der Waals surface area (Å²) >= 11 is 6.37. The maximum Gasteiger partial charge on any atom is 0.159 e. The Bertz CT molecular complexity index is 1330. The third-order valence-corrected chi connectivity index (χ3v) is 6.44. The molecule has 0 atom stereocenters. The van der Waals surface area contributed by atoms with E-state index in [-0.39, 0.29) is 5.82 Å². The second-order valence-corrected chi connectivity index (χ2v) is 8.67. The number of anilines is 1. The predicted molar refractivity (Wildman–Crippen MR) is 117 cm³/mol. The maximum atomic E-state index is 13.6. The Kier molecular flexibility index (Phi) is 4.21. The van der Waals surface area contributed by atoms with Gasteiger partial charge >= 0.3 is 0 Å². The largest absolute Gasteiger partial charge is 0.350 e. The molecule has 0 bridgehead atoms. The molecule has 0 unspecified atom stereocenters. The van der Waals surface area contributed by atoms with Gasteiger partial charge in [-0.15, -0.1) is 0 Å². The second-order valence-electron chi connectivity index (χ2n) is 8.26. The molecule has 4 aromatic rings. The van der Waals surface area contributed by atoms with Crippen molar-refractivity contribution in [3.63, 3.8) is 0 Å². The molecule has 3 aromatic heterocycles. The van der Waals surface area contributed by atoms with Crippen molar-refractivity contribution in [3.8, 4) is 11.3 Å². The summed E-state index contributed by atoms with van der Waals surface area (Å²) in [5.41, 5.74) is 5.75. The first-order valence-corrected chi connectivity index (χ1v) is 10.9. The fraction of sp³-hybridized carbons (Fsp3) is 0.304. The van der Waals surface area contributed by atoms with Crippen LogP contribution in [0.5, 0.6) is 0 Å². The van der Waals surface area contributed by atoms with Gasteiger partial charge in [-0.3, -0.25) is 4.98 Å². The molecular weight excluding hydrogens is 415 g/mol. The number of rotatable bonds is 3. The predicted octanol–water partition coefficient (Wildman–Crippen LogP) is 4.73. The molecule has 1 aliphatic carbocycles. The Labute approximate surface area is 183 Å². The van der Waals surface area contributed by atoms with Crippen LogP contribution in [0.3, 0.4) is 0 Å². The third kappa shape index (κ3) is 3.15. The van der Waals surface area contributed by atoms with E-state index in [0.29, 0.717) is 22.2 Å². The first-order valence-electron chi connectivity index (χ1n) is 10.5. The number of nitrogens with zero attached hydrogens (tertiary/aromatic N) is 6. The lowest BCUT2D eigenvalue weighted by Gasteiger charge is -2.30. The van der Waals surface area contributed by atoms with E-state index in [1.807, 2.05) is 6.92 Å². The third-order valence-electron chi connectivity index (χ3n) is 6.13. The van der Waals surface area contributed by atoms with Crippen LogP contribution >= 0.6 is 11.6 Å². The van der Waals surface area contributed by atoms with Crippen molar-refractivity contribution in [1.82, 2.24) is 24.6 Å². The van der Waals surface area contributed by atoms with Crippen molar-refractivity contribution in [2.75, 3.05) is 11.4 Å². The Hall–Kier alpha value is -3.06. The van der Waals surface area contributed by atoms with Gasteiger partial charge in [-0.05, 0) is 49.6 Å². The van der Waals surface area contributed by atoms with Crippen LogP contribution in [-0.2, 0) is 13.0 Å². The Morgan fingerprint density at radius 3 is 2.81 bits per heavy atom. The number of pyridine rings is 1. The van der Waals surface area contributed by atoms with Gasteiger partial charge in [0.25, 0.3) is 0 Å². The summed E-state index contributed by atoms with van der Waals surface area (Å²) in [7, 11) is 0. The molecule has 8 heteroatoms. The molecule has 1 fully saturated rings. The normalized spacial score (nSPS) is 16.0. The average molecular weight is 435 g/mol. The van der Waals surface area contributed by atoms with E-state index >= 15 is 0 Å². The molecule has 0 amide bonds. The van der Waals surface area contributed by atoms with Gasteiger partial charge < -0.3 is 4.90 Å². The molecule has 0 saturated heterocycles. The van der Waals surface area contributed by atoms with Gasteiger partial charge in [0.1, 0.15) is 29.2 Å². The molecule has 31 heavy (non-hydrogen) atoms. The number of imidazole rings is 1. The summed E-state index contributed by atoms with van der Waals surface area (Å²) in [5, 5.41) is 4.71. The summed E-state index contributed by atoms with van der Waals surface area (Å²) in [6, 6.07) is 8.74. The standard InChI is InChI=1S/C23H20ClFN6/c1-13-28-21(17-6-5-16(25)10-18(17)24)22-23(26-12-27-31(13)22)30-9-8-20-15(11-30)4-7-19(29-20)14-2-3-14/h4-7,10,12,14H,2-3,8-9,11H2,1H3. The number of aryl methyl sites for hydroxylation is 1. The van der Waals surface area contributed by atoms with Crippen LogP contribution in [0.4, 0.5) is 10.2 Å². The highest BCUT2D eigenvalue weighted by Crippen LogP contribution is 2.40. The van der Waals surface area contributed by atoms with Crippen LogP contribution in [0.25, 0.3) is 16.8 Å². The van der Waals surface area contributed by atoms with E-state index in [1.54, 1.807) is 16.9 Å². The minimum atomic E-state index is -0.379. The SMILES string of the molecule is Cc1nc(-c2ccc(F)cc2Cl)c2c(N3CCc4nc(C5CC5)ccc4C3)ncnn12. The van der Waals surface area contributed by atoms with E-state index in [0.717, 1.165) is 36.7 Å². The van der Waals surface area contributed by atoms with E-state index in [2.05, 4.69) is 27.1 Å². The van der Waals surface area contributed by atoms with Crippen molar-refractivity contribution >= 4 is 22.9 Å². The van der Waals surface area contributed by atoms with Gasteiger partial charge in [-0.25, -0.2) is 18.9 Å². The lowest BCUT2D eigenvalue weighted by Crippen LogP contribution is -2.32. The number of hydrogen-bond donors (Lipinski definition) is 0. The number of fused-ring (bicyclic) bond motifs is 2. The van der Waals surface area contributed by atoms with E-state index in [9.17, 15) is 4.39 Å². The van der Waals surface area contributed by atoms with Crippen LogP contribution < -0.4 is 4.90 Å². The minimum Gasteiger partial charge on any atom is -0.350 e. The highest BCUT2D eigenvalue weighted by atomic mass is 35.5. The lowest BCUT2D eigenvalue weighted by atomic mass is 10.0. The van der Waals surface area contributed by atoms with Crippen LogP contribution in [0.2, 0.25) is 5.02 Å². The molecule has 1 aromatic carbocycles. The Morgan fingerprint density at radius 2 is 2.00 bits per heavy atom. The van der Waals surface area contributed by atoms with Gasteiger partial charge in [0.15, 0.2) is 5.82 Å². The van der Waals surface area contributed by atoms with Crippen molar-refractivity contribution in [1.29, 1.82) is 0 Å². The zero-order chi connectivity index (χ0) is 21.1. The summed E-state index contributed by atoms with van der Waals surface area (Å²) in [6.07, 6.45) is 4.93. The van der Waals surface area contributed by atoms with Gasteiger partial charge in [0.2, 0.25) is 0 Å². The summed E-state index contributed by atoms with van der Waals surface area (Å²) in [4.78, 5) is 16.5. The van der Waals surface area contributed by atoms with Crippen molar-refractivity contribution in [2.24, 2.45) is 0 Å². The maximum absolute atomic E-state index is 13.6. The molecule has 6 nitrogen and oxygen atoms in total. The van der Waals surface area contributed by atoms with Gasteiger partial charge in [-0.1, -0.05) is 17.7 Å². The summed E-state index contributed by atoms with van der Waals surface area (Å²) < 4.78 is 15.4. The fourth-order valence-electron chi connectivity index (χ4n) is 4.38. The molecule has 1 saturated carbocycles. The first-order chi connectivity index (χ1) is 15.1. The lowest BCUT2D eigenvalue weighted by molar-refractivity contribution is 0.628. The summed E-state index contributed by atoms with van der Waals surface area (Å²) in [5.74, 6) is 1.80. The molecular formula is C23H20ClFN6. The summed E-state index contributed by atoms with van der Waals surface area (Å²) in [6.45, 7) is 3.42. The zero-order valence-corrected chi connectivity index (χ0v) is 17.8. The topological polar surface area (TPSA) is 59.2 Å². The highest BCUT2D eigenvalue weighted by molar-refractivity contribution is 6.33. The van der Waals surface area contributed by atoms with Crippen LogP contribution in [0.15, 0.2) is 36.7 Å². The van der Waals surface area contributed by atoms with Gasteiger partial charge in [-0.2, -0.15) is 5.10 Å². The Morgan fingerprint density at radius 1 is 1.13 bits per heavy atom. The first kappa shape index (κ1) is 18.7. The highest BCUT2D eigenvalue weighted by Gasteiger charge is 2.28. The molecule has 6 rings (SSSR count). The zero-order valence-electron chi connectivity index (χ0n) is 17.0. The molecule has 1 aliphatic heterocycles. The monoisotopic (exact) mass is 434 g/mol. The smallest absolute Gasteiger partial charge is 0.159 e. The second kappa shape index (κ2) is 6.99. The van der Waals surface area contributed by atoms with Crippen molar-refractivity contribution < 1.29 is 4.39 Å². The molecule has 0 spiro atoms. The number of halogens is 2. The number of aromatic nitrogens is 5. The van der Waals surface area contributed by atoms with E-state index < -0.39 is 0 Å². The van der Waals surface area contributed by atoms with Gasteiger partial charge in [0.05, 0.1) is 5.02 Å². The Balaban J connectivity index is 1.44. The van der Waals surface area contributed by atoms with E-state index in [4.69, 9.17) is 21.6 Å². The molecule has 4 heterocycles. The molecule has 2 aliphatic rings. The molecule has 156 valence electrons. The van der Waals surface area contributed by atoms with Crippen LogP contribution in [-0.4, -0.2) is 31.1 Å². The van der Waals surface area contributed by atoms with Crippen LogP contribution in [0.1, 0.15) is 41.5 Å². The van der Waals surface area contributed by atoms with Gasteiger partial charge in [0, 0.05) is 42.4 Å². The fourth-order valence-corrected chi connectivity index (χ4v) is 4.64. The molecule has 0 N–H and O–H groups in total. The number of benzene rings is 1. The quantitative estimate of drug-likeness (QED) is 0.466. The number of hydrogen-bond acceptors (Lipinski definition) is 5.